The first-order valence-corrected chi connectivity index (χ1v) is 12.4. The second-order valence-electron chi connectivity index (χ2n) is 9.02. The van der Waals surface area contributed by atoms with Crippen LogP contribution in [0.4, 0.5) is 0 Å². The molecule has 3 rings (SSSR count). The molecule has 2 heterocycles. The standard InChI is InChI=1S/C20H29NO5S2/c1-12(18(22)21-15-7-8-28(24,25)11-15)26-19(23)17-10-13-9-14(20(2,3)4)5-6-16(13)27-17/h10,12,14-15H,5-9,11H2,1-4H3,(H,21,22)/t12-,14-,15+/m0/s1. The van der Waals surface area contributed by atoms with Crippen LogP contribution in [0.15, 0.2) is 6.07 Å². The van der Waals surface area contributed by atoms with Crippen LogP contribution in [0, 0.1) is 11.3 Å². The first kappa shape index (κ1) is 21.3. The Morgan fingerprint density at radius 2 is 2.00 bits per heavy atom. The Morgan fingerprint density at radius 1 is 1.29 bits per heavy atom. The molecule has 0 saturated carbocycles. The summed E-state index contributed by atoms with van der Waals surface area (Å²) in [6.45, 7) is 8.26. The van der Waals surface area contributed by atoms with Gasteiger partial charge < -0.3 is 10.1 Å². The van der Waals surface area contributed by atoms with E-state index in [2.05, 4.69) is 26.1 Å². The fraction of sp³-hybridized carbons (Fsp3) is 0.700. The molecule has 0 bridgehead atoms. The zero-order valence-electron chi connectivity index (χ0n) is 16.9. The van der Waals surface area contributed by atoms with Gasteiger partial charge in [-0.2, -0.15) is 0 Å². The zero-order chi connectivity index (χ0) is 20.7. The molecule has 1 fully saturated rings. The maximum Gasteiger partial charge on any atom is 0.349 e. The fourth-order valence-electron chi connectivity index (χ4n) is 3.86. The minimum Gasteiger partial charge on any atom is -0.448 e. The number of ether oxygens (including phenoxy) is 1. The number of hydrogen-bond donors (Lipinski definition) is 1. The van der Waals surface area contributed by atoms with Crippen LogP contribution >= 0.6 is 11.3 Å². The summed E-state index contributed by atoms with van der Waals surface area (Å²) in [5.41, 5.74) is 1.46. The van der Waals surface area contributed by atoms with Crippen molar-refractivity contribution in [3.8, 4) is 0 Å². The molecule has 0 spiro atoms. The number of carbonyl (C=O) groups is 2. The number of thiophene rings is 1. The predicted octanol–water partition coefficient (Wildman–Crippen LogP) is 2.75. The summed E-state index contributed by atoms with van der Waals surface area (Å²) in [5, 5.41) is 2.67. The summed E-state index contributed by atoms with van der Waals surface area (Å²) in [4.78, 5) is 26.5. The van der Waals surface area contributed by atoms with Gasteiger partial charge in [-0.15, -0.1) is 11.3 Å². The highest BCUT2D eigenvalue weighted by molar-refractivity contribution is 7.91. The number of hydrogen-bond acceptors (Lipinski definition) is 6. The third-order valence-corrected chi connectivity index (χ3v) is 8.73. The number of sulfone groups is 1. The number of fused-ring (bicyclic) bond motifs is 1. The monoisotopic (exact) mass is 427 g/mol. The van der Waals surface area contributed by atoms with Gasteiger partial charge in [0, 0.05) is 10.9 Å². The number of aryl methyl sites for hydroxylation is 1. The molecule has 2 aliphatic rings. The number of rotatable bonds is 4. The van der Waals surface area contributed by atoms with Gasteiger partial charge in [-0.25, -0.2) is 13.2 Å². The second-order valence-corrected chi connectivity index (χ2v) is 12.4. The van der Waals surface area contributed by atoms with Gasteiger partial charge in [0.2, 0.25) is 0 Å². The van der Waals surface area contributed by atoms with Crippen molar-refractivity contribution < 1.29 is 22.7 Å². The Kier molecular flexibility index (Phi) is 5.92. The number of carbonyl (C=O) groups excluding carboxylic acids is 2. The topological polar surface area (TPSA) is 89.5 Å². The van der Waals surface area contributed by atoms with Crippen LogP contribution in [0.1, 0.15) is 60.6 Å². The van der Waals surface area contributed by atoms with E-state index < -0.39 is 33.9 Å². The van der Waals surface area contributed by atoms with E-state index in [1.807, 2.05) is 6.07 Å². The molecule has 8 heteroatoms. The van der Waals surface area contributed by atoms with Crippen LogP contribution in [-0.4, -0.2) is 43.9 Å². The molecule has 1 aliphatic heterocycles. The van der Waals surface area contributed by atoms with E-state index in [1.165, 1.54) is 28.7 Å². The summed E-state index contributed by atoms with van der Waals surface area (Å²) >= 11 is 1.46. The van der Waals surface area contributed by atoms with Crippen LogP contribution in [0.2, 0.25) is 0 Å². The van der Waals surface area contributed by atoms with Crippen molar-refractivity contribution >= 4 is 33.1 Å². The van der Waals surface area contributed by atoms with Crippen molar-refractivity contribution in [2.75, 3.05) is 11.5 Å². The average Bonchev–Trinajstić information content (AvgIpc) is 3.16. The number of esters is 1. The minimum atomic E-state index is -3.07. The van der Waals surface area contributed by atoms with Crippen LogP contribution in [0.25, 0.3) is 0 Å². The Labute approximate surface area is 171 Å². The van der Waals surface area contributed by atoms with Gasteiger partial charge in [0.05, 0.1) is 11.5 Å². The lowest BCUT2D eigenvalue weighted by atomic mass is 9.72. The molecular weight excluding hydrogens is 398 g/mol. The minimum absolute atomic E-state index is 0.0496. The average molecular weight is 428 g/mol. The van der Waals surface area contributed by atoms with Crippen molar-refractivity contribution in [1.82, 2.24) is 5.32 Å². The molecule has 1 amide bonds. The third-order valence-electron chi connectivity index (χ3n) is 5.74. The molecule has 3 atom stereocenters. The first-order valence-electron chi connectivity index (χ1n) is 9.78. The lowest BCUT2D eigenvalue weighted by Gasteiger charge is -2.33. The fourth-order valence-corrected chi connectivity index (χ4v) is 6.63. The molecule has 6 nitrogen and oxygen atoms in total. The van der Waals surface area contributed by atoms with E-state index in [0.717, 1.165) is 19.3 Å². The predicted molar refractivity (Wildman–Crippen MR) is 109 cm³/mol. The van der Waals surface area contributed by atoms with Gasteiger partial charge in [-0.05, 0) is 55.6 Å². The first-order chi connectivity index (χ1) is 12.9. The lowest BCUT2D eigenvalue weighted by molar-refractivity contribution is -0.129. The van der Waals surface area contributed by atoms with Crippen LogP contribution in [0.5, 0.6) is 0 Å². The maximum absolute atomic E-state index is 12.5. The van der Waals surface area contributed by atoms with Crippen molar-refractivity contribution in [3.63, 3.8) is 0 Å². The summed E-state index contributed by atoms with van der Waals surface area (Å²) in [7, 11) is -3.07. The van der Waals surface area contributed by atoms with Crippen LogP contribution in [0.3, 0.4) is 0 Å². The van der Waals surface area contributed by atoms with Crippen molar-refractivity contribution in [3.05, 3.63) is 21.4 Å². The number of nitrogens with one attached hydrogen (secondary N) is 1. The lowest BCUT2D eigenvalue weighted by Crippen LogP contribution is -2.42. The largest absolute Gasteiger partial charge is 0.448 e. The summed E-state index contributed by atoms with van der Waals surface area (Å²) in [6.07, 6.45) is 2.50. The SMILES string of the molecule is C[C@H](OC(=O)c1cc2c(s1)CC[C@H](C(C)(C)C)C2)C(=O)N[C@@H]1CCS(=O)(=O)C1. The Balaban J connectivity index is 1.58. The molecule has 0 radical (unpaired) electrons. The summed E-state index contributed by atoms with van der Waals surface area (Å²) in [5.74, 6) is -0.321. The van der Waals surface area contributed by atoms with Crippen molar-refractivity contribution in [1.29, 1.82) is 0 Å². The number of amides is 1. The molecule has 1 saturated heterocycles. The van der Waals surface area contributed by atoms with Gasteiger partial charge in [-0.3, -0.25) is 4.79 Å². The zero-order valence-corrected chi connectivity index (χ0v) is 18.5. The summed E-state index contributed by atoms with van der Waals surface area (Å²) in [6, 6.07) is 1.51. The molecule has 156 valence electrons. The van der Waals surface area contributed by atoms with E-state index >= 15 is 0 Å². The molecule has 28 heavy (non-hydrogen) atoms. The highest BCUT2D eigenvalue weighted by Crippen LogP contribution is 2.40. The normalized spacial score (nSPS) is 25.0. The highest BCUT2D eigenvalue weighted by Gasteiger charge is 2.32. The van der Waals surface area contributed by atoms with E-state index in [-0.39, 0.29) is 16.9 Å². The van der Waals surface area contributed by atoms with Gasteiger partial charge in [0.15, 0.2) is 15.9 Å². The van der Waals surface area contributed by atoms with E-state index in [1.54, 1.807) is 0 Å². The molecular formula is C20H29NO5S2. The Morgan fingerprint density at radius 3 is 2.61 bits per heavy atom. The van der Waals surface area contributed by atoms with Gasteiger partial charge in [-0.1, -0.05) is 20.8 Å². The van der Waals surface area contributed by atoms with Crippen LogP contribution in [-0.2, 0) is 32.2 Å². The molecule has 0 aromatic carbocycles. The Hall–Kier alpha value is -1.41. The molecule has 0 unspecified atom stereocenters. The molecule has 1 aromatic heterocycles. The van der Waals surface area contributed by atoms with Gasteiger partial charge in [0.1, 0.15) is 4.88 Å². The molecule has 1 N–H and O–H groups in total. The van der Waals surface area contributed by atoms with Crippen molar-refractivity contribution in [2.45, 2.75) is 65.5 Å². The van der Waals surface area contributed by atoms with E-state index in [9.17, 15) is 18.0 Å². The smallest absolute Gasteiger partial charge is 0.349 e. The van der Waals surface area contributed by atoms with E-state index in [0.29, 0.717) is 17.2 Å². The van der Waals surface area contributed by atoms with Crippen LogP contribution < -0.4 is 5.32 Å². The molecule has 1 aliphatic carbocycles. The van der Waals surface area contributed by atoms with Gasteiger partial charge in [0.25, 0.3) is 5.91 Å². The third kappa shape index (κ3) is 4.95. The summed E-state index contributed by atoms with van der Waals surface area (Å²) < 4.78 is 28.3. The quantitative estimate of drug-likeness (QED) is 0.747. The van der Waals surface area contributed by atoms with Gasteiger partial charge >= 0.3 is 5.97 Å². The highest BCUT2D eigenvalue weighted by atomic mass is 32.2. The maximum atomic E-state index is 12.5. The van der Waals surface area contributed by atoms with E-state index in [4.69, 9.17) is 4.74 Å². The Bertz CT molecular complexity index is 866. The second kappa shape index (κ2) is 7.78. The molecule has 1 aromatic rings. The van der Waals surface area contributed by atoms with Crippen molar-refractivity contribution in [2.24, 2.45) is 11.3 Å².